The van der Waals surface area contributed by atoms with E-state index >= 15 is 0 Å². The number of nitrogens with zero attached hydrogens (tertiary/aromatic N) is 2. The van der Waals surface area contributed by atoms with E-state index in [2.05, 4.69) is 117 Å². The van der Waals surface area contributed by atoms with Gasteiger partial charge in [-0.2, -0.15) is 0 Å². The number of rotatable bonds is 3. The fraction of sp³-hybridized carbons (Fsp3) is 0.344. The molecule has 13 rings (SSSR count). The summed E-state index contributed by atoms with van der Waals surface area (Å²) in [5.74, 6) is 1.01. The molecule has 8 aromatic rings. The van der Waals surface area contributed by atoms with Crippen molar-refractivity contribution in [3.63, 3.8) is 0 Å². The van der Waals surface area contributed by atoms with Crippen LogP contribution in [0.1, 0.15) is 154 Å². The van der Waals surface area contributed by atoms with Crippen molar-refractivity contribution in [2.75, 3.05) is 9.80 Å². The number of hydrogen-bond acceptors (Lipinski definition) is 4. The highest BCUT2D eigenvalue weighted by molar-refractivity contribution is 7.00. The zero-order valence-corrected chi connectivity index (χ0v) is 39.7. The Morgan fingerprint density at radius 3 is 1.98 bits per heavy atom. The Bertz CT molecular complexity index is 3950. The predicted octanol–water partition coefficient (Wildman–Crippen LogP) is 14.8. The first kappa shape index (κ1) is 31.1. The Kier molecular flexibility index (Phi) is 6.10. The van der Waals surface area contributed by atoms with Crippen LogP contribution in [0, 0.1) is 0 Å². The molecule has 0 atom stereocenters. The molecule has 330 valence electrons. The third-order valence-corrected chi connectivity index (χ3v) is 16.8. The van der Waals surface area contributed by atoms with Gasteiger partial charge in [0.2, 0.25) is 5.88 Å². The summed E-state index contributed by atoms with van der Waals surface area (Å²) >= 11 is 0. The van der Waals surface area contributed by atoms with Crippen LogP contribution in [0.15, 0.2) is 118 Å². The lowest BCUT2D eigenvalue weighted by atomic mass is 9.32. The van der Waals surface area contributed by atoms with Gasteiger partial charge in [-0.25, -0.2) is 0 Å². The Labute approximate surface area is 405 Å². The van der Waals surface area contributed by atoms with Gasteiger partial charge in [-0.3, -0.25) is 4.90 Å². The molecule has 0 N–H and O–H groups in total. The molecule has 0 spiro atoms. The van der Waals surface area contributed by atoms with Crippen LogP contribution < -0.4 is 26.2 Å². The smallest absolute Gasteiger partial charge is 0.256 e. The summed E-state index contributed by atoms with van der Waals surface area (Å²) in [6.07, 6.45) is 3.75. The molecule has 5 heteroatoms. The summed E-state index contributed by atoms with van der Waals surface area (Å²) in [5.41, 5.74) is 13.1. The molecule has 0 radical (unpaired) electrons. The van der Waals surface area contributed by atoms with Gasteiger partial charge in [-0.05, 0) is 146 Å². The second kappa shape index (κ2) is 12.9. The molecule has 6 aromatic carbocycles. The lowest BCUT2D eigenvalue weighted by molar-refractivity contribution is 0.332. The average molecular weight is 875 g/mol. The van der Waals surface area contributed by atoms with Crippen molar-refractivity contribution in [3.8, 4) is 11.3 Å². The second-order valence-electron chi connectivity index (χ2n) is 23.0. The lowest BCUT2D eigenvalue weighted by Crippen LogP contribution is -2.62. The molecule has 5 aliphatic rings. The standard InChI is InChI=1S/C61H61BN2O2/c1-12-35-30-48-52-49(31-35)64(46-22-17-20-38-37-18-14-16-23-50(37)65-54(38)46)56-53(51-55(66-56)39-19-13-15-21-40(39)61(51,10)11)62(52)45-33-43-44(60(8,9)29-28-59(43,6)7)34-47(45)63(48)36-24-25-41-42(32-36)58(4,5)27-26-57(41,2)3/h13-25,30-34H,12,26-29H2,1-11H3/i1D3,14D,16D,17D,18D,20D,22D,23D. The van der Waals surface area contributed by atoms with Crippen molar-refractivity contribution in [1.29, 1.82) is 0 Å². The fourth-order valence-electron chi connectivity index (χ4n) is 12.9. The number of fused-ring (bicyclic) bond motifs is 13. The van der Waals surface area contributed by atoms with E-state index < -0.39 is 55.2 Å². The zero-order valence-electron chi connectivity index (χ0n) is 49.7. The van der Waals surface area contributed by atoms with Crippen LogP contribution in [-0.4, -0.2) is 6.71 Å². The molecular formula is C61H61BN2O2. The Balaban J connectivity index is 1.23. The Morgan fingerprint density at radius 1 is 0.591 bits per heavy atom. The number of para-hydroxylation sites is 2. The van der Waals surface area contributed by atoms with Gasteiger partial charge in [-0.15, -0.1) is 0 Å². The third kappa shape index (κ3) is 5.18. The van der Waals surface area contributed by atoms with Crippen LogP contribution in [0.25, 0.3) is 33.3 Å². The van der Waals surface area contributed by atoms with E-state index in [4.69, 9.17) is 18.4 Å². The summed E-state index contributed by atoms with van der Waals surface area (Å²) in [6, 6.07) is 20.8. The molecule has 2 aliphatic heterocycles. The minimum Gasteiger partial charge on any atom is -0.454 e. The van der Waals surface area contributed by atoms with Crippen molar-refractivity contribution >= 4 is 79.4 Å². The highest BCUT2D eigenvalue weighted by Gasteiger charge is 2.53. The van der Waals surface area contributed by atoms with Crippen molar-refractivity contribution in [1.82, 2.24) is 0 Å². The van der Waals surface area contributed by atoms with Crippen LogP contribution >= 0.6 is 0 Å². The summed E-state index contributed by atoms with van der Waals surface area (Å²) < 4.78 is 105. The largest absolute Gasteiger partial charge is 0.454 e. The second-order valence-corrected chi connectivity index (χ2v) is 23.0. The molecule has 0 unspecified atom stereocenters. The summed E-state index contributed by atoms with van der Waals surface area (Å²) in [4.78, 5) is 4.14. The molecule has 66 heavy (non-hydrogen) atoms. The highest BCUT2D eigenvalue weighted by atomic mass is 16.4. The SMILES string of the molecule is [2H]c1c([2H])c([2H])c2c(oc3c(N4c5cc(CC([2H])([2H])[2H])cc6c5B(c5cc7c(cc5N6c5ccc6c(c5)C(C)(C)CCC6(C)C)C(C)(C)CCC7(C)C)c5c4oc4c5C(C)(C)c5ccccc5-4)c([2H])c([2H])c([2H])c32)c1[2H]. The van der Waals surface area contributed by atoms with Gasteiger partial charge >= 0.3 is 0 Å². The van der Waals surface area contributed by atoms with Gasteiger partial charge < -0.3 is 13.7 Å². The first-order chi connectivity index (χ1) is 35.5. The highest BCUT2D eigenvalue weighted by Crippen LogP contribution is 2.57. The normalized spacial score (nSPS) is 21.8. The molecule has 4 nitrogen and oxygen atoms in total. The Hall–Kier alpha value is -5.94. The Morgan fingerprint density at radius 2 is 1.24 bits per heavy atom. The van der Waals surface area contributed by atoms with Crippen molar-refractivity contribution in [3.05, 3.63) is 148 Å². The van der Waals surface area contributed by atoms with Crippen LogP contribution in [0.5, 0.6) is 0 Å². The molecular weight excluding hydrogens is 803 g/mol. The molecule has 0 amide bonds. The van der Waals surface area contributed by atoms with Gasteiger partial charge in [0, 0.05) is 54.2 Å². The van der Waals surface area contributed by atoms with Gasteiger partial charge in [0.05, 0.1) is 15.3 Å². The molecule has 2 aromatic heterocycles. The van der Waals surface area contributed by atoms with Crippen molar-refractivity contribution < 1.29 is 22.5 Å². The summed E-state index contributed by atoms with van der Waals surface area (Å²) in [6.45, 7) is 20.2. The third-order valence-electron chi connectivity index (χ3n) is 16.8. The monoisotopic (exact) mass is 875 g/mol. The van der Waals surface area contributed by atoms with E-state index in [9.17, 15) is 4.11 Å². The first-order valence-corrected chi connectivity index (χ1v) is 23.8. The minimum atomic E-state index is -2.40. The van der Waals surface area contributed by atoms with E-state index in [1.165, 1.54) is 22.3 Å². The van der Waals surface area contributed by atoms with E-state index in [-0.39, 0.29) is 61.7 Å². The maximum Gasteiger partial charge on any atom is 0.256 e. The zero-order chi connectivity index (χ0) is 54.2. The van der Waals surface area contributed by atoms with Gasteiger partial charge in [0.25, 0.3) is 6.71 Å². The molecule has 0 saturated heterocycles. The van der Waals surface area contributed by atoms with Crippen LogP contribution in [0.3, 0.4) is 0 Å². The minimum absolute atomic E-state index is 0.0129. The number of hydrogen-bond donors (Lipinski definition) is 0. The maximum atomic E-state index is 9.99. The van der Waals surface area contributed by atoms with Crippen LogP contribution in [0.2, 0.25) is 0 Å². The average Bonchev–Trinajstić information content (AvgIpc) is 4.09. The molecule has 0 saturated carbocycles. The summed E-state index contributed by atoms with van der Waals surface area (Å²) in [5, 5.41) is -0.0815. The van der Waals surface area contributed by atoms with Crippen LogP contribution in [0.4, 0.5) is 34.3 Å². The number of furan rings is 2. The maximum absolute atomic E-state index is 9.99. The topological polar surface area (TPSA) is 32.8 Å². The number of aryl methyl sites for hydroxylation is 1. The molecule has 4 heterocycles. The van der Waals surface area contributed by atoms with Crippen molar-refractivity contribution in [2.24, 2.45) is 0 Å². The molecule has 0 bridgehead atoms. The van der Waals surface area contributed by atoms with E-state index in [0.29, 0.717) is 22.9 Å². The van der Waals surface area contributed by atoms with Crippen molar-refractivity contribution in [2.45, 2.75) is 135 Å². The summed E-state index contributed by atoms with van der Waals surface area (Å²) in [7, 11) is 0. The molecule has 0 fully saturated rings. The van der Waals surface area contributed by atoms with Gasteiger partial charge in [-0.1, -0.05) is 143 Å². The van der Waals surface area contributed by atoms with E-state index in [1.807, 2.05) is 24.3 Å². The predicted molar refractivity (Wildman–Crippen MR) is 278 cm³/mol. The van der Waals surface area contributed by atoms with Gasteiger partial charge in [0.1, 0.15) is 11.3 Å². The number of benzene rings is 6. The van der Waals surface area contributed by atoms with E-state index in [1.54, 1.807) is 4.90 Å². The van der Waals surface area contributed by atoms with Gasteiger partial charge in [0.15, 0.2) is 5.58 Å². The quantitative estimate of drug-likeness (QED) is 0.166. The van der Waals surface area contributed by atoms with Crippen LogP contribution in [-0.2, 0) is 33.5 Å². The number of anilines is 6. The lowest BCUT2D eigenvalue weighted by Gasteiger charge is -2.47. The van der Waals surface area contributed by atoms with E-state index in [0.717, 1.165) is 75.8 Å². The molecule has 3 aliphatic carbocycles. The fourth-order valence-corrected chi connectivity index (χ4v) is 12.9. The first-order valence-electron chi connectivity index (χ1n) is 28.8.